The van der Waals surface area contributed by atoms with Gasteiger partial charge in [0, 0.05) is 19.3 Å². The molecule has 2 heterocycles. The monoisotopic (exact) mass is 363 g/mol. The highest BCUT2D eigenvalue weighted by atomic mass is 32.2. The van der Waals surface area contributed by atoms with Gasteiger partial charge in [0.1, 0.15) is 5.82 Å². The van der Waals surface area contributed by atoms with E-state index in [1.807, 2.05) is 13.0 Å². The Labute approximate surface area is 144 Å². The summed E-state index contributed by atoms with van der Waals surface area (Å²) in [5.41, 5.74) is 1.64. The van der Waals surface area contributed by atoms with E-state index in [0.717, 1.165) is 11.8 Å². The number of hydrogen-bond donors (Lipinski definition) is 2. The third-order valence-electron chi connectivity index (χ3n) is 3.75. The number of nitrogens with zero attached hydrogens (tertiary/aromatic N) is 3. The van der Waals surface area contributed by atoms with Crippen molar-refractivity contribution in [3.63, 3.8) is 0 Å². The molecule has 2 N–H and O–H groups in total. The lowest BCUT2D eigenvalue weighted by Gasteiger charge is -2.07. The minimum Gasteiger partial charge on any atom is -0.370 e. The molecule has 0 aliphatic heterocycles. The first kappa shape index (κ1) is 17.3. The summed E-state index contributed by atoms with van der Waals surface area (Å²) in [5.74, 6) is -0.454. The number of aryl methyl sites for hydroxylation is 1. The minimum absolute atomic E-state index is 0.0679. The van der Waals surface area contributed by atoms with Crippen LogP contribution in [-0.2, 0) is 16.4 Å². The number of fused-ring (bicyclic) bond motifs is 1. The zero-order chi connectivity index (χ0) is 18.2. The highest BCUT2D eigenvalue weighted by Gasteiger charge is 2.29. The minimum atomic E-state index is -4.00. The third-order valence-corrected chi connectivity index (χ3v) is 5.54. The lowest BCUT2D eigenvalue weighted by atomic mass is 10.3. The van der Waals surface area contributed by atoms with Crippen molar-refractivity contribution in [1.29, 1.82) is 0 Å². The van der Waals surface area contributed by atoms with E-state index in [-0.39, 0.29) is 21.3 Å². The Morgan fingerprint density at radius 3 is 2.64 bits per heavy atom. The largest absolute Gasteiger partial charge is 0.370 e. The molecule has 3 aromatic rings. The molecule has 0 atom stereocenters. The van der Waals surface area contributed by atoms with Crippen LogP contribution in [-0.4, -0.2) is 37.1 Å². The van der Waals surface area contributed by atoms with Gasteiger partial charge >= 0.3 is 0 Å². The molecule has 2 aromatic heterocycles. The SMILES string of the molecule is CNCc1cc(C)n2nc(NC)c(S(=O)(=O)c3cccc(F)c3)c2n1. The maximum atomic E-state index is 13.5. The number of rotatable bonds is 5. The normalized spacial score (nSPS) is 11.8. The quantitative estimate of drug-likeness (QED) is 0.718. The molecule has 0 radical (unpaired) electrons. The zero-order valence-corrected chi connectivity index (χ0v) is 14.9. The van der Waals surface area contributed by atoms with Gasteiger partial charge in [-0.25, -0.2) is 22.3 Å². The van der Waals surface area contributed by atoms with Crippen molar-refractivity contribution in [1.82, 2.24) is 19.9 Å². The first-order valence-electron chi connectivity index (χ1n) is 7.60. The fourth-order valence-corrected chi connectivity index (χ4v) is 4.18. The van der Waals surface area contributed by atoms with Crippen molar-refractivity contribution in [3.05, 3.63) is 47.5 Å². The van der Waals surface area contributed by atoms with Crippen LogP contribution in [0.15, 0.2) is 40.1 Å². The van der Waals surface area contributed by atoms with Gasteiger partial charge in [-0.15, -0.1) is 5.10 Å². The molecule has 0 amide bonds. The number of halogens is 1. The highest BCUT2D eigenvalue weighted by molar-refractivity contribution is 7.91. The topological polar surface area (TPSA) is 88.4 Å². The Morgan fingerprint density at radius 1 is 1.24 bits per heavy atom. The predicted octanol–water partition coefficient (Wildman–Crippen LogP) is 1.77. The maximum absolute atomic E-state index is 13.5. The Hall–Kier alpha value is -2.52. The molecule has 0 unspecified atom stereocenters. The van der Waals surface area contributed by atoms with E-state index >= 15 is 0 Å². The van der Waals surface area contributed by atoms with Crippen LogP contribution in [0.25, 0.3) is 5.65 Å². The molecule has 0 aliphatic carbocycles. The van der Waals surface area contributed by atoms with Crippen LogP contribution >= 0.6 is 0 Å². The van der Waals surface area contributed by atoms with Crippen molar-refractivity contribution >= 4 is 21.3 Å². The van der Waals surface area contributed by atoms with Crippen molar-refractivity contribution in [3.8, 4) is 0 Å². The van der Waals surface area contributed by atoms with Crippen LogP contribution in [0.2, 0.25) is 0 Å². The summed E-state index contributed by atoms with van der Waals surface area (Å²) in [6, 6.07) is 6.72. The number of anilines is 1. The summed E-state index contributed by atoms with van der Waals surface area (Å²) in [5, 5.41) is 10.1. The second-order valence-corrected chi connectivity index (χ2v) is 7.43. The molecular weight excluding hydrogens is 345 g/mol. The first-order chi connectivity index (χ1) is 11.9. The molecule has 3 rings (SSSR count). The predicted molar refractivity (Wildman–Crippen MR) is 91.9 cm³/mol. The average molecular weight is 363 g/mol. The van der Waals surface area contributed by atoms with Crippen LogP contribution in [0.4, 0.5) is 10.2 Å². The fraction of sp³-hybridized carbons (Fsp3) is 0.250. The lowest BCUT2D eigenvalue weighted by Crippen LogP contribution is -2.10. The number of nitrogens with one attached hydrogen (secondary N) is 2. The Bertz CT molecular complexity index is 1050. The molecule has 0 saturated carbocycles. The Morgan fingerprint density at radius 2 is 2.00 bits per heavy atom. The summed E-state index contributed by atoms with van der Waals surface area (Å²) in [6.45, 7) is 2.30. The molecule has 0 spiro atoms. The average Bonchev–Trinajstić information content (AvgIpc) is 2.95. The third kappa shape index (κ3) is 2.96. The molecule has 132 valence electrons. The van der Waals surface area contributed by atoms with Crippen molar-refractivity contribution in [2.45, 2.75) is 23.3 Å². The lowest BCUT2D eigenvalue weighted by molar-refractivity contribution is 0.591. The van der Waals surface area contributed by atoms with Crippen LogP contribution in [0.5, 0.6) is 0 Å². The van der Waals surface area contributed by atoms with Gasteiger partial charge in [0.25, 0.3) is 0 Å². The smallest absolute Gasteiger partial charge is 0.214 e. The highest BCUT2D eigenvalue weighted by Crippen LogP contribution is 2.31. The standard InChI is InChI=1S/C16H18FN5O2S/c1-10-7-12(9-18-2)20-16-14(15(19-3)21-22(10)16)25(23,24)13-6-4-5-11(17)8-13/h4-8,18H,9H2,1-3H3,(H,19,21). The van der Waals surface area contributed by atoms with E-state index in [4.69, 9.17) is 0 Å². The van der Waals surface area contributed by atoms with E-state index in [2.05, 4.69) is 20.7 Å². The second kappa shape index (κ2) is 6.41. The summed E-state index contributed by atoms with van der Waals surface area (Å²) in [4.78, 5) is 4.22. The molecule has 0 aliphatic rings. The van der Waals surface area contributed by atoms with E-state index in [0.29, 0.717) is 12.2 Å². The fourth-order valence-electron chi connectivity index (χ4n) is 2.64. The van der Waals surface area contributed by atoms with Gasteiger partial charge in [-0.3, -0.25) is 0 Å². The number of aromatic nitrogens is 3. The summed E-state index contributed by atoms with van der Waals surface area (Å²) in [7, 11) is -0.646. The molecule has 7 nitrogen and oxygen atoms in total. The van der Waals surface area contributed by atoms with E-state index in [9.17, 15) is 12.8 Å². The molecule has 25 heavy (non-hydrogen) atoms. The molecule has 0 saturated heterocycles. The number of benzene rings is 1. The van der Waals surface area contributed by atoms with Crippen LogP contribution in [0, 0.1) is 12.7 Å². The van der Waals surface area contributed by atoms with Crippen LogP contribution in [0.1, 0.15) is 11.4 Å². The molecule has 0 fully saturated rings. The van der Waals surface area contributed by atoms with E-state index < -0.39 is 15.7 Å². The van der Waals surface area contributed by atoms with Crippen LogP contribution < -0.4 is 10.6 Å². The van der Waals surface area contributed by atoms with Crippen molar-refractivity contribution in [2.24, 2.45) is 0 Å². The molecule has 9 heteroatoms. The van der Waals surface area contributed by atoms with Gasteiger partial charge in [-0.1, -0.05) is 6.07 Å². The van der Waals surface area contributed by atoms with Gasteiger partial charge in [-0.2, -0.15) is 0 Å². The number of sulfone groups is 1. The first-order valence-corrected chi connectivity index (χ1v) is 9.09. The molecule has 0 bridgehead atoms. The van der Waals surface area contributed by atoms with Crippen molar-refractivity contribution in [2.75, 3.05) is 19.4 Å². The number of hydrogen-bond acceptors (Lipinski definition) is 6. The van der Waals surface area contributed by atoms with Gasteiger partial charge in [-0.05, 0) is 38.2 Å². The molecule has 1 aromatic carbocycles. The van der Waals surface area contributed by atoms with E-state index in [1.165, 1.54) is 22.7 Å². The molecular formula is C16H18FN5O2S. The Kier molecular flexibility index (Phi) is 4.44. The van der Waals surface area contributed by atoms with Crippen molar-refractivity contribution < 1.29 is 12.8 Å². The summed E-state index contributed by atoms with van der Waals surface area (Å²) >= 11 is 0. The summed E-state index contributed by atoms with van der Waals surface area (Å²) in [6.07, 6.45) is 0. The van der Waals surface area contributed by atoms with E-state index in [1.54, 1.807) is 14.1 Å². The van der Waals surface area contributed by atoms with Gasteiger partial charge in [0.15, 0.2) is 16.4 Å². The maximum Gasteiger partial charge on any atom is 0.214 e. The van der Waals surface area contributed by atoms with Crippen LogP contribution in [0.3, 0.4) is 0 Å². The van der Waals surface area contributed by atoms with Gasteiger partial charge < -0.3 is 10.6 Å². The second-order valence-electron chi connectivity index (χ2n) is 5.54. The summed E-state index contributed by atoms with van der Waals surface area (Å²) < 4.78 is 41.2. The zero-order valence-electron chi connectivity index (χ0n) is 14.0. The van der Waals surface area contributed by atoms with Gasteiger partial charge in [0.2, 0.25) is 9.84 Å². The Balaban J connectivity index is 2.34. The van der Waals surface area contributed by atoms with Gasteiger partial charge in [0.05, 0.1) is 10.6 Å².